The number of anilines is 1. The van der Waals surface area contributed by atoms with E-state index in [1.807, 2.05) is 36.4 Å². The summed E-state index contributed by atoms with van der Waals surface area (Å²) in [5.74, 6) is -3.24. The highest BCUT2D eigenvalue weighted by atomic mass is 19.1. The summed E-state index contributed by atoms with van der Waals surface area (Å²) >= 11 is 0. The Hall–Kier alpha value is -4.20. The maximum Gasteiger partial charge on any atom is 0.407 e. The summed E-state index contributed by atoms with van der Waals surface area (Å²) in [5, 5.41) is 14.5. The van der Waals surface area contributed by atoms with Gasteiger partial charge < -0.3 is 20.5 Å². The number of aromatic carboxylic acids is 1. The number of ether oxygens (including phenoxy) is 1. The predicted molar refractivity (Wildman–Crippen MR) is 127 cm³/mol. The first-order valence-electron chi connectivity index (χ1n) is 11.4. The minimum Gasteiger partial charge on any atom is -0.478 e. The van der Waals surface area contributed by atoms with Gasteiger partial charge in [0.2, 0.25) is 5.91 Å². The summed E-state index contributed by atoms with van der Waals surface area (Å²) in [5.41, 5.74) is 3.88. The van der Waals surface area contributed by atoms with Crippen LogP contribution in [-0.2, 0) is 9.53 Å². The van der Waals surface area contributed by atoms with E-state index in [1.165, 1.54) is 12.1 Å². The van der Waals surface area contributed by atoms with Gasteiger partial charge in [0.25, 0.3) is 0 Å². The number of carboxylic acid groups (broad SMARTS) is 1. The van der Waals surface area contributed by atoms with Crippen LogP contribution in [0, 0.1) is 11.7 Å². The van der Waals surface area contributed by atoms with Gasteiger partial charge in [-0.1, -0.05) is 54.6 Å². The molecular weight excluding hydrogens is 451 g/mol. The monoisotopic (exact) mass is 474 g/mol. The van der Waals surface area contributed by atoms with Crippen LogP contribution in [0.3, 0.4) is 0 Å². The van der Waals surface area contributed by atoms with Gasteiger partial charge in [-0.25, -0.2) is 14.0 Å². The molecule has 1 fully saturated rings. The van der Waals surface area contributed by atoms with Crippen molar-refractivity contribution in [2.45, 2.75) is 24.8 Å². The van der Waals surface area contributed by atoms with Crippen molar-refractivity contribution in [3.63, 3.8) is 0 Å². The van der Waals surface area contributed by atoms with Crippen LogP contribution in [0.5, 0.6) is 0 Å². The van der Waals surface area contributed by atoms with E-state index >= 15 is 0 Å². The maximum absolute atomic E-state index is 13.8. The first-order valence-corrected chi connectivity index (χ1v) is 11.4. The number of nitrogens with one attached hydrogen (secondary N) is 2. The largest absolute Gasteiger partial charge is 0.478 e. The number of halogens is 1. The zero-order valence-corrected chi connectivity index (χ0v) is 18.7. The molecule has 7 nitrogen and oxygen atoms in total. The van der Waals surface area contributed by atoms with Crippen molar-refractivity contribution in [1.82, 2.24) is 5.32 Å². The molecule has 0 saturated heterocycles. The first-order chi connectivity index (χ1) is 16.9. The summed E-state index contributed by atoms with van der Waals surface area (Å²) in [6.45, 7) is 0.202. The number of alkyl carbamates (subject to hydrolysis) is 1. The van der Waals surface area contributed by atoms with Gasteiger partial charge in [-0.15, -0.1) is 0 Å². The van der Waals surface area contributed by atoms with Gasteiger partial charge in [0.15, 0.2) is 0 Å². The van der Waals surface area contributed by atoms with Crippen LogP contribution in [0.25, 0.3) is 11.1 Å². The Balaban J connectivity index is 1.13. The molecule has 0 spiro atoms. The molecule has 2 aliphatic rings. The average Bonchev–Trinajstić information content (AvgIpc) is 3.13. The Morgan fingerprint density at radius 3 is 2.17 bits per heavy atom. The van der Waals surface area contributed by atoms with E-state index < -0.39 is 35.3 Å². The van der Waals surface area contributed by atoms with E-state index in [0.717, 1.165) is 28.3 Å². The summed E-state index contributed by atoms with van der Waals surface area (Å²) in [7, 11) is 0. The molecule has 178 valence electrons. The van der Waals surface area contributed by atoms with Crippen LogP contribution >= 0.6 is 0 Å². The van der Waals surface area contributed by atoms with Gasteiger partial charge in [-0.05, 0) is 47.2 Å². The van der Waals surface area contributed by atoms with Crippen molar-refractivity contribution in [2.24, 2.45) is 5.92 Å². The standard InChI is InChI=1S/C27H23FN2O5/c28-22-10-5-11-23(24(22)26(32)33)30-25(31)15-12-16(13-15)29-27(34)35-14-21-19-8-3-1-6-17(19)18-7-2-4-9-20(18)21/h1-11,15-16,21H,12-14H2,(H,29,34)(H,30,31)(H,32,33). The van der Waals surface area contributed by atoms with Crippen LogP contribution in [0.1, 0.15) is 40.2 Å². The zero-order chi connectivity index (χ0) is 24.5. The molecule has 0 heterocycles. The molecular formula is C27H23FN2O5. The molecule has 0 aromatic heterocycles. The summed E-state index contributed by atoms with van der Waals surface area (Å²) in [4.78, 5) is 36.2. The van der Waals surface area contributed by atoms with Gasteiger partial charge in [0.1, 0.15) is 18.0 Å². The van der Waals surface area contributed by atoms with Crippen LogP contribution in [0.4, 0.5) is 14.9 Å². The van der Waals surface area contributed by atoms with Crippen molar-refractivity contribution < 1.29 is 28.6 Å². The van der Waals surface area contributed by atoms with Crippen molar-refractivity contribution >= 4 is 23.7 Å². The van der Waals surface area contributed by atoms with Gasteiger partial charge in [0.05, 0.1) is 5.69 Å². The Morgan fingerprint density at radius 2 is 1.54 bits per heavy atom. The molecule has 2 amide bonds. The molecule has 0 atom stereocenters. The Bertz CT molecular complexity index is 1270. The fourth-order valence-corrected chi connectivity index (χ4v) is 4.84. The molecule has 35 heavy (non-hydrogen) atoms. The Labute approximate surface area is 200 Å². The summed E-state index contributed by atoms with van der Waals surface area (Å²) in [6, 6.07) is 19.6. The number of carbonyl (C=O) groups is 3. The highest BCUT2D eigenvalue weighted by Crippen LogP contribution is 2.44. The van der Waals surface area contributed by atoms with Gasteiger partial charge in [-0.3, -0.25) is 4.79 Å². The summed E-state index contributed by atoms with van der Waals surface area (Å²) < 4.78 is 19.3. The lowest BCUT2D eigenvalue weighted by Gasteiger charge is -2.34. The van der Waals surface area contributed by atoms with Gasteiger partial charge >= 0.3 is 12.1 Å². The molecule has 2 aliphatic carbocycles. The lowest BCUT2D eigenvalue weighted by atomic mass is 9.79. The van der Waals surface area contributed by atoms with Crippen LogP contribution in [-0.4, -0.2) is 35.7 Å². The third-order valence-corrected chi connectivity index (χ3v) is 6.66. The number of rotatable bonds is 6. The minimum absolute atomic E-state index is 0.0391. The van der Waals surface area contributed by atoms with E-state index in [9.17, 15) is 23.9 Å². The number of amides is 2. The molecule has 1 saturated carbocycles. The topological polar surface area (TPSA) is 105 Å². The van der Waals surface area contributed by atoms with E-state index in [-0.39, 0.29) is 24.3 Å². The molecule has 0 unspecified atom stereocenters. The number of carboxylic acids is 1. The second-order valence-corrected chi connectivity index (χ2v) is 8.79. The molecule has 3 aromatic rings. The van der Waals surface area contributed by atoms with Crippen molar-refractivity contribution in [2.75, 3.05) is 11.9 Å². The Morgan fingerprint density at radius 1 is 0.914 bits per heavy atom. The highest BCUT2D eigenvalue weighted by Gasteiger charge is 2.37. The minimum atomic E-state index is -1.46. The third kappa shape index (κ3) is 4.35. The first kappa shape index (κ1) is 22.6. The van der Waals surface area contributed by atoms with E-state index in [0.29, 0.717) is 12.8 Å². The second-order valence-electron chi connectivity index (χ2n) is 8.79. The van der Waals surface area contributed by atoms with Crippen molar-refractivity contribution in [3.05, 3.63) is 89.2 Å². The quantitative estimate of drug-likeness (QED) is 0.477. The maximum atomic E-state index is 13.8. The third-order valence-electron chi connectivity index (χ3n) is 6.66. The normalized spacial score (nSPS) is 18.1. The molecule has 3 N–H and O–H groups in total. The highest BCUT2D eigenvalue weighted by molar-refractivity contribution is 6.01. The molecule has 0 aliphatic heterocycles. The van der Waals surface area contributed by atoms with Gasteiger partial charge in [-0.2, -0.15) is 0 Å². The molecule has 0 radical (unpaired) electrons. The second kappa shape index (κ2) is 9.21. The zero-order valence-electron chi connectivity index (χ0n) is 18.7. The molecule has 8 heteroatoms. The number of hydrogen-bond donors (Lipinski definition) is 3. The number of fused-ring (bicyclic) bond motifs is 3. The summed E-state index contributed by atoms with van der Waals surface area (Å²) in [6.07, 6.45) is 0.218. The van der Waals surface area contributed by atoms with Crippen LogP contribution in [0.15, 0.2) is 66.7 Å². The van der Waals surface area contributed by atoms with Gasteiger partial charge in [0, 0.05) is 17.9 Å². The number of carbonyl (C=O) groups excluding carboxylic acids is 2. The SMILES string of the molecule is O=C(NC1CC(C(=O)Nc2cccc(F)c2C(=O)O)C1)OCC1c2ccccc2-c2ccccc21. The number of hydrogen-bond acceptors (Lipinski definition) is 4. The lowest BCUT2D eigenvalue weighted by molar-refractivity contribution is -0.122. The van der Waals surface area contributed by atoms with Crippen molar-refractivity contribution in [3.8, 4) is 11.1 Å². The molecule has 3 aromatic carbocycles. The van der Waals surface area contributed by atoms with Crippen LogP contribution < -0.4 is 10.6 Å². The fraction of sp³-hybridized carbons (Fsp3) is 0.222. The smallest absolute Gasteiger partial charge is 0.407 e. The molecule has 0 bridgehead atoms. The lowest BCUT2D eigenvalue weighted by Crippen LogP contribution is -2.48. The molecule has 5 rings (SSSR count). The van der Waals surface area contributed by atoms with E-state index in [2.05, 4.69) is 22.8 Å². The fourth-order valence-electron chi connectivity index (χ4n) is 4.84. The van der Waals surface area contributed by atoms with E-state index in [1.54, 1.807) is 0 Å². The van der Waals surface area contributed by atoms with E-state index in [4.69, 9.17) is 4.74 Å². The number of benzene rings is 3. The van der Waals surface area contributed by atoms with Crippen molar-refractivity contribution in [1.29, 1.82) is 0 Å². The predicted octanol–water partition coefficient (Wildman–Crippen LogP) is 4.78. The van der Waals surface area contributed by atoms with Crippen LogP contribution in [0.2, 0.25) is 0 Å². The average molecular weight is 474 g/mol. The Kier molecular flexibility index (Phi) is 5.94.